The number of rotatable bonds is 5. The molecule has 1 fully saturated rings. The lowest BCUT2D eigenvalue weighted by Crippen LogP contribution is -2.43. The molecule has 1 aliphatic rings. The van der Waals surface area contributed by atoms with Crippen LogP contribution in [0.5, 0.6) is 0 Å². The summed E-state index contributed by atoms with van der Waals surface area (Å²) in [6.07, 6.45) is 1.78. The summed E-state index contributed by atoms with van der Waals surface area (Å²) in [7, 11) is 0. The smallest absolute Gasteiger partial charge is 0.323 e. The van der Waals surface area contributed by atoms with Gasteiger partial charge in [-0.3, -0.25) is 9.78 Å². The normalized spacial score (nSPS) is 13.5. The maximum Gasteiger partial charge on any atom is 0.323 e. The van der Waals surface area contributed by atoms with Gasteiger partial charge in [0.25, 0.3) is 0 Å². The number of nitrogens with zero attached hydrogens (tertiary/aromatic N) is 3. The van der Waals surface area contributed by atoms with Crippen LogP contribution in [0, 0.1) is 0 Å². The number of anilines is 3. The third kappa shape index (κ3) is 5.40. The second-order valence-electron chi connectivity index (χ2n) is 8.16. The highest BCUT2D eigenvalue weighted by molar-refractivity contribution is 6.30. The molecule has 0 aliphatic carbocycles. The lowest BCUT2D eigenvalue weighted by Gasteiger charge is -2.28. The number of halogens is 1. The second-order valence-corrected chi connectivity index (χ2v) is 8.60. The van der Waals surface area contributed by atoms with Crippen LogP contribution in [-0.4, -0.2) is 48.0 Å². The number of hydrogen-bond donors (Lipinski definition) is 3. The van der Waals surface area contributed by atoms with Gasteiger partial charge in [-0.05, 0) is 60.7 Å². The number of carbonyl (C=O) groups is 2. The summed E-state index contributed by atoms with van der Waals surface area (Å²) in [5, 5.41) is 9.32. The maximum absolute atomic E-state index is 13.1. The maximum atomic E-state index is 13.1. The van der Waals surface area contributed by atoms with E-state index in [1.165, 1.54) is 0 Å². The summed E-state index contributed by atoms with van der Waals surface area (Å²) in [5.74, 6) is 0.686. The standard InChI is InChI=1S/C26H23ClN6O2/c27-19-2-1-3-21(15-19)31-26(35)30-20-7-4-17(5-8-20)25(34)18-6-9-22-23(14-18)32-24(16-29-22)33-12-10-28-11-13-33/h1-9,14-16,28H,10-13H2,(H2,30,31,35). The van der Waals surface area contributed by atoms with Crippen LogP contribution in [0.2, 0.25) is 5.02 Å². The third-order valence-electron chi connectivity index (χ3n) is 5.72. The van der Waals surface area contributed by atoms with Crippen molar-refractivity contribution in [1.29, 1.82) is 0 Å². The molecule has 0 unspecified atom stereocenters. The van der Waals surface area contributed by atoms with Crippen molar-refractivity contribution in [3.05, 3.63) is 89.1 Å². The summed E-state index contributed by atoms with van der Waals surface area (Å²) >= 11 is 5.95. The molecule has 1 aliphatic heterocycles. The highest BCUT2D eigenvalue weighted by Gasteiger charge is 2.15. The highest BCUT2D eigenvalue weighted by Crippen LogP contribution is 2.21. The Morgan fingerprint density at radius 2 is 1.60 bits per heavy atom. The molecule has 0 atom stereocenters. The van der Waals surface area contributed by atoms with Crippen molar-refractivity contribution in [2.75, 3.05) is 41.7 Å². The second kappa shape index (κ2) is 10.1. The number of benzene rings is 3. The Morgan fingerprint density at radius 1 is 0.857 bits per heavy atom. The number of piperazine rings is 1. The third-order valence-corrected chi connectivity index (χ3v) is 5.96. The minimum Gasteiger partial charge on any atom is -0.353 e. The largest absolute Gasteiger partial charge is 0.353 e. The van der Waals surface area contributed by atoms with Gasteiger partial charge in [-0.2, -0.15) is 0 Å². The SMILES string of the molecule is O=C(Nc1ccc(C(=O)c2ccc3ncc(N4CCNCC4)nc3c2)cc1)Nc1cccc(Cl)c1. The topological polar surface area (TPSA) is 99.2 Å². The molecule has 9 heteroatoms. The molecular formula is C26H23ClN6O2. The number of hydrogen-bond acceptors (Lipinski definition) is 6. The Labute approximate surface area is 207 Å². The summed E-state index contributed by atoms with van der Waals surface area (Å²) < 4.78 is 0. The number of urea groups is 1. The molecule has 35 heavy (non-hydrogen) atoms. The Hall–Kier alpha value is -4.01. The molecule has 0 bridgehead atoms. The van der Waals surface area contributed by atoms with Crippen molar-refractivity contribution in [2.24, 2.45) is 0 Å². The summed E-state index contributed by atoms with van der Waals surface area (Å²) in [5.41, 5.74) is 3.61. The molecule has 0 saturated carbocycles. The predicted octanol–water partition coefficient (Wildman–Crippen LogP) is 4.57. The van der Waals surface area contributed by atoms with Crippen molar-refractivity contribution in [2.45, 2.75) is 0 Å². The molecule has 0 radical (unpaired) electrons. The van der Waals surface area contributed by atoms with Crippen LogP contribution in [0.4, 0.5) is 22.0 Å². The highest BCUT2D eigenvalue weighted by atomic mass is 35.5. The monoisotopic (exact) mass is 486 g/mol. The first-order chi connectivity index (χ1) is 17.0. The van der Waals surface area contributed by atoms with E-state index in [1.807, 2.05) is 6.07 Å². The first-order valence-corrected chi connectivity index (χ1v) is 11.6. The molecule has 5 rings (SSSR count). The van der Waals surface area contributed by atoms with E-state index in [2.05, 4.69) is 25.8 Å². The van der Waals surface area contributed by atoms with Gasteiger partial charge < -0.3 is 20.9 Å². The van der Waals surface area contributed by atoms with E-state index in [0.29, 0.717) is 33.0 Å². The van der Waals surface area contributed by atoms with Gasteiger partial charge in [0, 0.05) is 53.7 Å². The zero-order valence-electron chi connectivity index (χ0n) is 18.8. The molecule has 8 nitrogen and oxygen atoms in total. The van der Waals surface area contributed by atoms with E-state index in [0.717, 1.165) is 37.5 Å². The van der Waals surface area contributed by atoms with Crippen molar-refractivity contribution in [1.82, 2.24) is 15.3 Å². The average molecular weight is 487 g/mol. The lowest BCUT2D eigenvalue weighted by molar-refractivity contribution is 0.103. The lowest BCUT2D eigenvalue weighted by atomic mass is 10.0. The van der Waals surface area contributed by atoms with Gasteiger partial charge in [0.1, 0.15) is 5.82 Å². The van der Waals surface area contributed by atoms with Crippen LogP contribution in [0.15, 0.2) is 72.9 Å². The van der Waals surface area contributed by atoms with Crippen LogP contribution in [0.25, 0.3) is 11.0 Å². The Bertz CT molecular complexity index is 1390. The van der Waals surface area contributed by atoms with Crippen molar-refractivity contribution in [3.63, 3.8) is 0 Å². The fraction of sp³-hybridized carbons (Fsp3) is 0.154. The number of fused-ring (bicyclic) bond motifs is 1. The molecule has 3 N–H and O–H groups in total. The zero-order valence-corrected chi connectivity index (χ0v) is 19.5. The quantitative estimate of drug-likeness (QED) is 0.357. The molecule has 1 aromatic heterocycles. The van der Waals surface area contributed by atoms with E-state index in [4.69, 9.17) is 16.6 Å². The number of ketones is 1. The van der Waals surface area contributed by atoms with Crippen LogP contribution in [0.3, 0.4) is 0 Å². The van der Waals surface area contributed by atoms with E-state index in [1.54, 1.807) is 66.9 Å². The van der Waals surface area contributed by atoms with E-state index in [-0.39, 0.29) is 5.78 Å². The summed E-state index contributed by atoms with van der Waals surface area (Å²) in [4.78, 5) is 36.8. The van der Waals surface area contributed by atoms with Crippen molar-refractivity contribution < 1.29 is 9.59 Å². The first-order valence-electron chi connectivity index (χ1n) is 11.3. The van der Waals surface area contributed by atoms with E-state index in [9.17, 15) is 9.59 Å². The predicted molar refractivity (Wildman–Crippen MR) is 139 cm³/mol. The Kier molecular flexibility index (Phi) is 6.56. The molecule has 3 aromatic carbocycles. The van der Waals surface area contributed by atoms with Crippen LogP contribution in [-0.2, 0) is 0 Å². The van der Waals surface area contributed by atoms with Crippen molar-refractivity contribution in [3.8, 4) is 0 Å². The molecule has 1 saturated heterocycles. The summed E-state index contributed by atoms with van der Waals surface area (Å²) in [6.45, 7) is 3.56. The first kappa shape index (κ1) is 22.8. The van der Waals surface area contributed by atoms with E-state index < -0.39 is 6.03 Å². The fourth-order valence-electron chi connectivity index (χ4n) is 3.92. The fourth-order valence-corrected chi connectivity index (χ4v) is 4.11. The Balaban J connectivity index is 1.28. The molecule has 2 heterocycles. The van der Waals surface area contributed by atoms with Crippen LogP contribution < -0.4 is 20.9 Å². The molecule has 2 amide bonds. The van der Waals surface area contributed by atoms with Gasteiger partial charge in [0.05, 0.1) is 17.2 Å². The molecular weight excluding hydrogens is 464 g/mol. The molecule has 4 aromatic rings. The van der Waals surface area contributed by atoms with Gasteiger partial charge in [-0.1, -0.05) is 17.7 Å². The van der Waals surface area contributed by atoms with Crippen molar-refractivity contribution >= 4 is 51.6 Å². The number of carbonyl (C=O) groups excluding carboxylic acids is 2. The number of amides is 2. The van der Waals surface area contributed by atoms with Crippen LogP contribution in [0.1, 0.15) is 15.9 Å². The van der Waals surface area contributed by atoms with Gasteiger partial charge in [0.2, 0.25) is 0 Å². The minimum atomic E-state index is -0.403. The number of nitrogens with one attached hydrogen (secondary N) is 3. The van der Waals surface area contributed by atoms with E-state index >= 15 is 0 Å². The van der Waals surface area contributed by atoms with Gasteiger partial charge in [-0.25, -0.2) is 9.78 Å². The average Bonchev–Trinajstić information content (AvgIpc) is 2.88. The minimum absolute atomic E-state index is 0.129. The molecule has 0 spiro atoms. The molecule has 176 valence electrons. The van der Waals surface area contributed by atoms with Gasteiger partial charge >= 0.3 is 6.03 Å². The number of aromatic nitrogens is 2. The Morgan fingerprint density at radius 3 is 2.37 bits per heavy atom. The summed E-state index contributed by atoms with van der Waals surface area (Å²) in [6, 6.07) is 18.6. The van der Waals surface area contributed by atoms with Crippen LogP contribution >= 0.6 is 11.6 Å². The van der Waals surface area contributed by atoms with Gasteiger partial charge in [0.15, 0.2) is 5.78 Å². The zero-order chi connectivity index (χ0) is 24.2. The van der Waals surface area contributed by atoms with Gasteiger partial charge in [-0.15, -0.1) is 0 Å².